The van der Waals surface area contributed by atoms with Crippen molar-refractivity contribution in [1.82, 2.24) is 14.9 Å². The van der Waals surface area contributed by atoms with Crippen molar-refractivity contribution < 1.29 is 28.5 Å². The average Bonchev–Trinajstić information content (AvgIpc) is 3.34. The number of esters is 1. The Morgan fingerprint density at radius 2 is 1.69 bits per heavy atom. The summed E-state index contributed by atoms with van der Waals surface area (Å²) in [6.07, 6.45) is 1.70. The third-order valence-electron chi connectivity index (χ3n) is 5.32. The molecule has 4 rings (SSSR count). The topological polar surface area (TPSA) is 106 Å². The van der Waals surface area contributed by atoms with E-state index in [2.05, 4.69) is 10.2 Å². The van der Waals surface area contributed by atoms with E-state index < -0.39 is 5.97 Å². The van der Waals surface area contributed by atoms with Crippen molar-refractivity contribution in [2.75, 3.05) is 40.8 Å². The van der Waals surface area contributed by atoms with E-state index in [0.29, 0.717) is 50.8 Å². The quantitative estimate of drug-likeness (QED) is 0.313. The number of aromatic nitrogens is 3. The first kappa shape index (κ1) is 25.1. The number of thioether (sulfide) groups is 1. The maximum Gasteiger partial charge on any atom is 0.340 e. The predicted molar refractivity (Wildman–Crippen MR) is 136 cm³/mol. The number of carbonyl (C=O) groups excluding carboxylic acids is 1. The lowest BCUT2D eigenvalue weighted by molar-refractivity contribution is -0.137. The Hall–Kier alpha value is -3.99. The van der Waals surface area contributed by atoms with Gasteiger partial charge >= 0.3 is 5.97 Å². The molecule has 0 radical (unpaired) electrons. The van der Waals surface area contributed by atoms with E-state index in [4.69, 9.17) is 28.8 Å². The number of nitrogens with zero attached hydrogens (tertiary/aromatic N) is 4. The van der Waals surface area contributed by atoms with Crippen LogP contribution in [0.5, 0.6) is 23.0 Å². The van der Waals surface area contributed by atoms with Gasteiger partial charge in [-0.15, -0.1) is 10.2 Å². The van der Waals surface area contributed by atoms with E-state index in [9.17, 15) is 4.79 Å². The molecule has 1 aromatic heterocycles. The molecule has 1 aliphatic heterocycles. The lowest BCUT2D eigenvalue weighted by Gasteiger charge is -2.17. The molecule has 0 saturated carbocycles. The molecule has 0 bridgehead atoms. The van der Waals surface area contributed by atoms with Gasteiger partial charge in [0.2, 0.25) is 10.9 Å². The van der Waals surface area contributed by atoms with E-state index >= 15 is 0 Å². The third-order valence-corrected chi connectivity index (χ3v) is 6.25. The molecular weight excluding hydrogens is 484 g/mol. The summed E-state index contributed by atoms with van der Waals surface area (Å²) in [4.78, 5) is 13.0. The normalized spacial score (nSPS) is 12.9. The van der Waals surface area contributed by atoms with Gasteiger partial charge in [0, 0.05) is 11.3 Å². The Bertz CT molecular complexity index is 1290. The van der Waals surface area contributed by atoms with Crippen molar-refractivity contribution >= 4 is 29.5 Å². The minimum absolute atomic E-state index is 0.223. The monoisotopic (exact) mass is 510 g/mol. The van der Waals surface area contributed by atoms with Crippen LogP contribution in [0.15, 0.2) is 52.2 Å². The van der Waals surface area contributed by atoms with Crippen LogP contribution in [-0.2, 0) is 9.53 Å². The number of fused-ring (bicyclic) bond motifs is 1. The highest BCUT2D eigenvalue weighted by Crippen LogP contribution is 2.39. The third kappa shape index (κ3) is 5.01. The van der Waals surface area contributed by atoms with Crippen LogP contribution in [0.4, 0.5) is 0 Å². The van der Waals surface area contributed by atoms with Gasteiger partial charge in [-0.2, -0.15) is 9.78 Å². The van der Waals surface area contributed by atoms with E-state index in [0.717, 1.165) is 11.3 Å². The van der Waals surface area contributed by atoms with Gasteiger partial charge in [-0.3, -0.25) is 0 Å². The van der Waals surface area contributed by atoms with Crippen LogP contribution in [0.3, 0.4) is 0 Å². The van der Waals surface area contributed by atoms with Crippen LogP contribution in [0, 0.1) is 0 Å². The number of benzene rings is 2. The van der Waals surface area contributed by atoms with Crippen LogP contribution in [0.1, 0.15) is 12.5 Å². The Kier molecular flexibility index (Phi) is 7.79. The number of methoxy groups -OCH3 is 4. The van der Waals surface area contributed by atoms with Gasteiger partial charge in [-0.05, 0) is 55.0 Å². The smallest absolute Gasteiger partial charge is 0.340 e. The average molecular weight is 511 g/mol. The van der Waals surface area contributed by atoms with Crippen LogP contribution in [0.25, 0.3) is 17.5 Å². The van der Waals surface area contributed by atoms with Crippen molar-refractivity contribution in [2.45, 2.75) is 12.1 Å². The van der Waals surface area contributed by atoms with Crippen molar-refractivity contribution in [3.05, 3.63) is 47.5 Å². The maximum atomic E-state index is 13.0. The molecule has 0 spiro atoms. The zero-order valence-electron chi connectivity index (χ0n) is 20.6. The second-order valence-electron chi connectivity index (χ2n) is 7.42. The first-order chi connectivity index (χ1) is 17.5. The SMILES string of the molecule is CCOC(=O)/C(=C\c1cc(OC)c(OC)c(OC)c1)C1=Nn2c(nnc2-c2ccc(OC)cc2)SC1. The van der Waals surface area contributed by atoms with Crippen LogP contribution in [-0.4, -0.2) is 67.4 Å². The van der Waals surface area contributed by atoms with E-state index in [1.807, 2.05) is 24.3 Å². The summed E-state index contributed by atoms with van der Waals surface area (Å²) in [7, 11) is 6.21. The van der Waals surface area contributed by atoms with E-state index in [1.165, 1.54) is 33.1 Å². The molecule has 0 N–H and O–H groups in total. The molecule has 2 heterocycles. The van der Waals surface area contributed by atoms with Gasteiger partial charge in [0.15, 0.2) is 17.3 Å². The number of hydrogen-bond donors (Lipinski definition) is 0. The molecule has 0 saturated heterocycles. The first-order valence-corrected chi connectivity index (χ1v) is 12.0. The number of rotatable bonds is 9. The lowest BCUT2D eigenvalue weighted by atomic mass is 10.1. The molecule has 188 valence electrons. The van der Waals surface area contributed by atoms with Gasteiger partial charge in [0.25, 0.3) is 0 Å². The molecule has 0 fully saturated rings. The van der Waals surface area contributed by atoms with Crippen LogP contribution >= 0.6 is 11.8 Å². The molecule has 11 heteroatoms. The maximum absolute atomic E-state index is 13.0. The summed E-state index contributed by atoms with van der Waals surface area (Å²) in [5.74, 6) is 2.59. The van der Waals surface area contributed by atoms with Crippen molar-refractivity contribution in [1.29, 1.82) is 0 Å². The Balaban J connectivity index is 1.80. The molecule has 0 amide bonds. The molecule has 10 nitrogen and oxygen atoms in total. The molecular formula is C25H26N4O6S. The first-order valence-electron chi connectivity index (χ1n) is 11.0. The van der Waals surface area contributed by atoms with Gasteiger partial charge < -0.3 is 23.7 Å². The highest BCUT2D eigenvalue weighted by Gasteiger charge is 2.26. The van der Waals surface area contributed by atoms with Gasteiger partial charge in [0.1, 0.15) is 5.75 Å². The van der Waals surface area contributed by atoms with Crippen LogP contribution < -0.4 is 18.9 Å². The molecule has 3 aromatic rings. The highest BCUT2D eigenvalue weighted by atomic mass is 32.2. The van der Waals surface area contributed by atoms with Crippen LogP contribution in [0.2, 0.25) is 0 Å². The molecule has 1 aliphatic rings. The lowest BCUT2D eigenvalue weighted by Crippen LogP contribution is -2.21. The second-order valence-corrected chi connectivity index (χ2v) is 8.36. The zero-order chi connectivity index (χ0) is 25.7. The Morgan fingerprint density at radius 3 is 2.28 bits per heavy atom. The molecule has 0 atom stereocenters. The number of carbonyl (C=O) groups is 1. The van der Waals surface area contributed by atoms with E-state index in [1.54, 1.807) is 36.9 Å². The Labute approximate surface area is 212 Å². The Morgan fingerprint density at radius 1 is 1.00 bits per heavy atom. The number of ether oxygens (including phenoxy) is 5. The largest absolute Gasteiger partial charge is 0.497 e. The van der Waals surface area contributed by atoms with Crippen molar-refractivity contribution in [3.63, 3.8) is 0 Å². The fraction of sp³-hybridized carbons (Fsp3) is 0.280. The molecule has 2 aromatic carbocycles. The van der Waals surface area contributed by atoms with E-state index in [-0.39, 0.29) is 6.61 Å². The minimum Gasteiger partial charge on any atom is -0.497 e. The minimum atomic E-state index is -0.492. The standard InChI is InChI=1S/C25H26N4O6S/c1-6-35-24(30)18(11-15-12-20(32-3)22(34-5)21(13-15)33-4)19-14-36-25-27-26-23(29(25)28-19)16-7-9-17(31-2)10-8-16/h7-13H,6,14H2,1-5H3/b18-11-. The summed E-state index contributed by atoms with van der Waals surface area (Å²) in [6, 6.07) is 10.9. The summed E-state index contributed by atoms with van der Waals surface area (Å²) in [5, 5.41) is 13.9. The van der Waals surface area contributed by atoms with Gasteiger partial charge in [0.05, 0.1) is 46.3 Å². The number of hydrogen-bond acceptors (Lipinski definition) is 10. The fourth-order valence-electron chi connectivity index (χ4n) is 3.60. The summed E-state index contributed by atoms with van der Waals surface area (Å²) < 4.78 is 28.6. The molecule has 0 unspecified atom stereocenters. The molecule has 36 heavy (non-hydrogen) atoms. The second kappa shape index (κ2) is 11.2. The predicted octanol–water partition coefficient (Wildman–Crippen LogP) is 3.94. The summed E-state index contributed by atoms with van der Waals surface area (Å²) in [6.45, 7) is 1.98. The van der Waals surface area contributed by atoms with Gasteiger partial charge in [-0.25, -0.2) is 4.79 Å². The van der Waals surface area contributed by atoms with Crippen molar-refractivity contribution in [2.24, 2.45) is 5.10 Å². The fourth-order valence-corrected chi connectivity index (χ4v) is 4.43. The molecule has 0 aliphatic carbocycles. The highest BCUT2D eigenvalue weighted by molar-refractivity contribution is 7.99. The van der Waals surface area contributed by atoms with Gasteiger partial charge in [-0.1, -0.05) is 11.8 Å². The summed E-state index contributed by atoms with van der Waals surface area (Å²) in [5.41, 5.74) is 2.30. The van der Waals surface area contributed by atoms with Crippen molar-refractivity contribution in [3.8, 4) is 34.4 Å². The summed E-state index contributed by atoms with van der Waals surface area (Å²) >= 11 is 1.43. The zero-order valence-corrected chi connectivity index (χ0v) is 21.4.